The molecule has 3 N–H and O–H groups in total. The Balaban J connectivity index is 2.32. The van der Waals surface area contributed by atoms with Crippen LogP contribution in [0, 0.1) is 6.92 Å². The molecular weight excluding hydrogens is 304 g/mol. The van der Waals surface area contributed by atoms with E-state index in [1.54, 1.807) is 19.1 Å². The number of sulfonamides is 1. The van der Waals surface area contributed by atoms with Crippen LogP contribution in [0.5, 0.6) is 0 Å². The van der Waals surface area contributed by atoms with Gasteiger partial charge >= 0.3 is 0 Å². The second-order valence-electron chi connectivity index (χ2n) is 4.09. The summed E-state index contributed by atoms with van der Waals surface area (Å²) in [5.74, 6) is -0.507. The lowest BCUT2D eigenvalue weighted by atomic mass is 10.2. The molecule has 0 radical (unpaired) electrons. The first-order valence-electron chi connectivity index (χ1n) is 5.47. The van der Waals surface area contributed by atoms with Crippen LogP contribution in [0.1, 0.15) is 15.9 Å². The number of rotatable bonds is 3. The number of benzene rings is 1. The molecule has 0 aliphatic heterocycles. The number of amides is 1. The van der Waals surface area contributed by atoms with Gasteiger partial charge in [-0.25, -0.2) is 13.6 Å². The molecule has 0 atom stereocenters. The monoisotopic (exact) mass is 314 g/mol. The third kappa shape index (κ3) is 3.01. The smallest absolute Gasteiger partial charge is 0.260 e. The number of hydrogen-bond acceptors (Lipinski definition) is 4. The van der Waals surface area contributed by atoms with Crippen molar-refractivity contribution in [2.24, 2.45) is 5.14 Å². The van der Waals surface area contributed by atoms with E-state index in [0.29, 0.717) is 11.3 Å². The van der Waals surface area contributed by atoms with Gasteiger partial charge in [0.2, 0.25) is 15.2 Å². The second-order valence-corrected chi connectivity index (χ2v) is 5.96. The molecule has 1 amide bonds. The Hall–Kier alpha value is -1.83. The van der Waals surface area contributed by atoms with Crippen LogP contribution in [0.4, 0.5) is 5.69 Å². The SMILES string of the molecule is Cc1ccc(NC(=O)c2ccoc2Cl)cc1S(N)(=O)=O. The van der Waals surface area contributed by atoms with Crippen LogP contribution in [-0.4, -0.2) is 14.3 Å². The van der Waals surface area contributed by atoms with Crippen molar-refractivity contribution in [3.05, 3.63) is 46.9 Å². The zero-order valence-corrected chi connectivity index (χ0v) is 12.0. The van der Waals surface area contributed by atoms with E-state index in [1.165, 1.54) is 18.4 Å². The fourth-order valence-electron chi connectivity index (χ4n) is 1.64. The highest BCUT2D eigenvalue weighted by molar-refractivity contribution is 7.89. The van der Waals surface area contributed by atoms with E-state index in [9.17, 15) is 13.2 Å². The molecule has 20 heavy (non-hydrogen) atoms. The maximum absolute atomic E-state index is 11.9. The van der Waals surface area contributed by atoms with Gasteiger partial charge in [-0.2, -0.15) is 0 Å². The summed E-state index contributed by atoms with van der Waals surface area (Å²) in [4.78, 5) is 11.9. The van der Waals surface area contributed by atoms with Crippen molar-refractivity contribution < 1.29 is 17.6 Å². The Morgan fingerprint density at radius 2 is 2.05 bits per heavy atom. The van der Waals surface area contributed by atoms with Crippen molar-refractivity contribution in [1.82, 2.24) is 0 Å². The van der Waals surface area contributed by atoms with Crippen LogP contribution in [0.25, 0.3) is 0 Å². The van der Waals surface area contributed by atoms with Crippen molar-refractivity contribution in [3.63, 3.8) is 0 Å². The van der Waals surface area contributed by atoms with Crippen molar-refractivity contribution in [2.75, 3.05) is 5.32 Å². The van der Waals surface area contributed by atoms with Crippen LogP contribution in [0.15, 0.2) is 39.8 Å². The van der Waals surface area contributed by atoms with E-state index in [-0.39, 0.29) is 15.7 Å². The fourth-order valence-corrected chi connectivity index (χ4v) is 2.65. The molecule has 1 heterocycles. The average molecular weight is 315 g/mol. The molecule has 106 valence electrons. The van der Waals surface area contributed by atoms with Gasteiger partial charge in [0.15, 0.2) is 0 Å². The number of furan rings is 1. The molecule has 2 rings (SSSR count). The highest BCUT2D eigenvalue weighted by Crippen LogP contribution is 2.21. The van der Waals surface area contributed by atoms with Crippen LogP contribution in [0.2, 0.25) is 5.22 Å². The summed E-state index contributed by atoms with van der Waals surface area (Å²) in [6.45, 7) is 1.61. The van der Waals surface area contributed by atoms with Gasteiger partial charge in [0.05, 0.1) is 16.7 Å². The third-order valence-electron chi connectivity index (χ3n) is 2.62. The summed E-state index contributed by atoms with van der Waals surface area (Å²) in [6.07, 6.45) is 1.28. The van der Waals surface area contributed by atoms with Crippen molar-refractivity contribution in [2.45, 2.75) is 11.8 Å². The standard InChI is InChI=1S/C12H11ClN2O4S/c1-7-2-3-8(6-10(7)20(14,17)18)15-12(16)9-4-5-19-11(9)13/h2-6H,1H3,(H,15,16)(H2,14,17,18). The predicted molar refractivity (Wildman–Crippen MR) is 74.2 cm³/mol. The molecule has 0 spiro atoms. The number of hydrogen-bond donors (Lipinski definition) is 2. The Labute approximate surface area is 120 Å². The number of nitrogens with one attached hydrogen (secondary N) is 1. The van der Waals surface area contributed by atoms with Crippen LogP contribution >= 0.6 is 11.6 Å². The topological polar surface area (TPSA) is 102 Å². The Morgan fingerprint density at radius 1 is 1.35 bits per heavy atom. The molecule has 0 aliphatic carbocycles. The van der Waals surface area contributed by atoms with Crippen LogP contribution in [-0.2, 0) is 10.0 Å². The molecule has 0 fully saturated rings. The van der Waals surface area contributed by atoms with Gasteiger partial charge in [0.25, 0.3) is 5.91 Å². The number of aryl methyl sites for hydroxylation is 1. The second kappa shape index (κ2) is 5.28. The highest BCUT2D eigenvalue weighted by Gasteiger charge is 2.16. The predicted octanol–water partition coefficient (Wildman–Crippen LogP) is 2.14. The Kier molecular flexibility index (Phi) is 3.85. The maximum atomic E-state index is 11.9. The van der Waals surface area contributed by atoms with Gasteiger partial charge in [-0.15, -0.1) is 0 Å². The number of nitrogens with two attached hydrogens (primary N) is 1. The Morgan fingerprint density at radius 3 is 2.60 bits per heavy atom. The quantitative estimate of drug-likeness (QED) is 0.905. The number of halogens is 1. The minimum Gasteiger partial charge on any atom is -0.452 e. The zero-order valence-electron chi connectivity index (χ0n) is 10.4. The fraction of sp³-hybridized carbons (Fsp3) is 0.0833. The summed E-state index contributed by atoms with van der Waals surface area (Å²) >= 11 is 5.69. The van der Waals surface area contributed by atoms with E-state index >= 15 is 0 Å². The lowest BCUT2D eigenvalue weighted by Gasteiger charge is -2.08. The van der Waals surface area contributed by atoms with Gasteiger partial charge in [0, 0.05) is 5.69 Å². The normalized spacial score (nSPS) is 11.3. The largest absolute Gasteiger partial charge is 0.452 e. The summed E-state index contributed by atoms with van der Waals surface area (Å²) in [5.41, 5.74) is 0.943. The Bertz CT molecular complexity index is 768. The first-order valence-corrected chi connectivity index (χ1v) is 7.39. The van der Waals surface area contributed by atoms with Crippen molar-refractivity contribution in [1.29, 1.82) is 0 Å². The van der Waals surface area contributed by atoms with E-state index in [1.807, 2.05) is 0 Å². The first-order chi connectivity index (χ1) is 9.29. The highest BCUT2D eigenvalue weighted by atomic mass is 35.5. The minimum atomic E-state index is -3.85. The summed E-state index contributed by atoms with van der Waals surface area (Å²) in [7, 11) is -3.85. The third-order valence-corrected chi connectivity index (χ3v) is 3.96. The molecule has 6 nitrogen and oxygen atoms in total. The molecule has 0 aliphatic rings. The summed E-state index contributed by atoms with van der Waals surface area (Å²) in [6, 6.07) is 5.81. The lowest BCUT2D eigenvalue weighted by Crippen LogP contribution is -2.16. The van der Waals surface area contributed by atoms with Gasteiger partial charge in [-0.05, 0) is 42.3 Å². The first kappa shape index (κ1) is 14.6. The molecular formula is C12H11ClN2O4S. The molecule has 1 aromatic carbocycles. The molecule has 0 saturated heterocycles. The van der Waals surface area contributed by atoms with Crippen LogP contribution in [0.3, 0.4) is 0 Å². The number of primary sulfonamides is 1. The zero-order chi connectivity index (χ0) is 14.9. The van der Waals surface area contributed by atoms with E-state index in [2.05, 4.69) is 5.32 Å². The van der Waals surface area contributed by atoms with E-state index < -0.39 is 15.9 Å². The van der Waals surface area contributed by atoms with Crippen molar-refractivity contribution >= 4 is 33.2 Å². The molecule has 2 aromatic rings. The molecule has 0 saturated carbocycles. The maximum Gasteiger partial charge on any atom is 0.260 e. The van der Waals surface area contributed by atoms with Crippen molar-refractivity contribution in [3.8, 4) is 0 Å². The summed E-state index contributed by atoms with van der Waals surface area (Å²) in [5, 5.41) is 7.58. The van der Waals surface area contributed by atoms with E-state index in [4.69, 9.17) is 21.2 Å². The number of carbonyl (C=O) groups excluding carboxylic acids is 1. The lowest BCUT2D eigenvalue weighted by molar-refractivity contribution is 0.102. The molecule has 1 aromatic heterocycles. The van der Waals surface area contributed by atoms with E-state index in [0.717, 1.165) is 0 Å². The number of anilines is 1. The van der Waals surface area contributed by atoms with Gasteiger partial charge in [0.1, 0.15) is 0 Å². The molecule has 8 heteroatoms. The summed E-state index contributed by atoms with van der Waals surface area (Å²) < 4.78 is 27.6. The average Bonchev–Trinajstić information content (AvgIpc) is 2.76. The molecule has 0 unspecified atom stereocenters. The van der Waals surface area contributed by atoms with Gasteiger partial charge in [-0.1, -0.05) is 6.07 Å². The minimum absolute atomic E-state index is 0.0405. The van der Waals surface area contributed by atoms with Gasteiger partial charge in [-0.3, -0.25) is 4.79 Å². The van der Waals surface area contributed by atoms with Gasteiger partial charge < -0.3 is 9.73 Å². The number of carbonyl (C=O) groups is 1. The molecule has 0 bridgehead atoms. The van der Waals surface area contributed by atoms with Crippen LogP contribution < -0.4 is 10.5 Å².